The van der Waals surface area contributed by atoms with E-state index in [1.54, 1.807) is 35.6 Å². The Morgan fingerprint density at radius 2 is 1.91 bits per heavy atom. The summed E-state index contributed by atoms with van der Waals surface area (Å²) in [5, 5.41) is 3.95. The molecule has 0 bridgehead atoms. The topological polar surface area (TPSA) is 48.7 Å². The largest absolute Gasteiger partial charge is 0.459 e. The number of piperazine rings is 1. The molecule has 3 heterocycles. The van der Waals surface area contributed by atoms with Crippen LogP contribution in [0.4, 0.5) is 9.39 Å². The van der Waals surface area contributed by atoms with Gasteiger partial charge in [0.1, 0.15) is 10.8 Å². The molecule has 1 aliphatic heterocycles. The van der Waals surface area contributed by atoms with Crippen molar-refractivity contribution in [1.82, 2.24) is 9.80 Å². The summed E-state index contributed by atoms with van der Waals surface area (Å²) in [5.74, 6) is -0.172. The lowest BCUT2D eigenvalue weighted by Crippen LogP contribution is -2.48. The summed E-state index contributed by atoms with van der Waals surface area (Å²) in [6.07, 6.45) is 5.76. The van der Waals surface area contributed by atoms with Gasteiger partial charge < -0.3 is 14.6 Å². The van der Waals surface area contributed by atoms with Crippen LogP contribution in [0.15, 0.2) is 47.1 Å². The first kappa shape index (κ1) is 22.3. The zero-order valence-electron chi connectivity index (χ0n) is 19.0. The number of halogens is 1. The van der Waals surface area contributed by atoms with Crippen LogP contribution in [-0.2, 0) is 12.8 Å². The number of aryl methyl sites for hydroxylation is 1. The molecule has 174 valence electrons. The van der Waals surface area contributed by atoms with Crippen LogP contribution in [0.3, 0.4) is 0 Å². The maximum absolute atomic E-state index is 15.2. The van der Waals surface area contributed by atoms with Crippen LogP contribution in [0.25, 0.3) is 0 Å². The fourth-order valence-electron chi connectivity index (χ4n) is 5.11. The average molecular weight is 468 g/mol. The van der Waals surface area contributed by atoms with Gasteiger partial charge in [0.25, 0.3) is 5.91 Å². The lowest BCUT2D eigenvalue weighted by Gasteiger charge is -2.40. The van der Waals surface area contributed by atoms with E-state index in [-0.39, 0.29) is 23.5 Å². The Morgan fingerprint density at radius 1 is 1.12 bits per heavy atom. The van der Waals surface area contributed by atoms with E-state index in [9.17, 15) is 4.79 Å². The summed E-state index contributed by atoms with van der Waals surface area (Å²) >= 11 is 1.65. The Hall–Kier alpha value is -2.48. The van der Waals surface area contributed by atoms with Crippen LogP contribution in [0, 0.1) is 5.82 Å². The van der Waals surface area contributed by atoms with Crippen molar-refractivity contribution in [1.29, 1.82) is 0 Å². The number of furan rings is 1. The molecule has 3 aromatic rings. The number of carbonyl (C=O) groups is 1. The Kier molecular flexibility index (Phi) is 6.62. The quantitative estimate of drug-likeness (QED) is 0.532. The molecular formula is C26H30FN3O2S. The van der Waals surface area contributed by atoms with Gasteiger partial charge in [0.15, 0.2) is 5.76 Å². The highest BCUT2D eigenvalue weighted by Gasteiger charge is 2.35. The third kappa shape index (κ3) is 4.50. The van der Waals surface area contributed by atoms with Crippen molar-refractivity contribution in [2.45, 2.75) is 38.6 Å². The fourth-order valence-corrected chi connectivity index (χ4v) is 6.43. The minimum Gasteiger partial charge on any atom is -0.459 e. The van der Waals surface area contributed by atoms with Gasteiger partial charge in [-0.1, -0.05) is 25.1 Å². The molecule has 5 nitrogen and oxygen atoms in total. The molecule has 1 saturated heterocycles. The summed E-state index contributed by atoms with van der Waals surface area (Å²) in [7, 11) is 0. The molecule has 2 aliphatic rings. The third-order valence-corrected chi connectivity index (χ3v) is 8.10. The normalized spacial score (nSPS) is 18.1. The van der Waals surface area contributed by atoms with Gasteiger partial charge in [0.05, 0.1) is 12.3 Å². The van der Waals surface area contributed by atoms with Crippen LogP contribution in [-0.4, -0.2) is 48.4 Å². The average Bonchev–Trinajstić information content (AvgIpc) is 3.50. The number of hydrogen-bond donors (Lipinski definition) is 1. The first-order valence-electron chi connectivity index (χ1n) is 11.9. The number of hydrogen-bond acceptors (Lipinski definition) is 5. The first-order valence-corrected chi connectivity index (χ1v) is 12.7. The predicted molar refractivity (Wildman–Crippen MR) is 130 cm³/mol. The maximum Gasteiger partial charge on any atom is 0.291 e. The number of likely N-dealkylation sites (N-methyl/N-ethyl adjacent to an activating group) is 1. The number of rotatable bonds is 6. The zero-order valence-corrected chi connectivity index (χ0v) is 19.8. The fraction of sp³-hybridized carbons (Fsp3) is 0.423. The van der Waals surface area contributed by atoms with Crippen LogP contribution in [0.2, 0.25) is 0 Å². The molecule has 1 aromatic carbocycles. The number of carbonyl (C=O) groups excluding carboxylic acids is 1. The second kappa shape index (κ2) is 9.79. The van der Waals surface area contributed by atoms with E-state index in [1.165, 1.54) is 16.7 Å². The van der Waals surface area contributed by atoms with Gasteiger partial charge in [-0.3, -0.25) is 9.69 Å². The number of nitrogens with zero attached hydrogens (tertiary/aromatic N) is 2. The lowest BCUT2D eigenvalue weighted by molar-refractivity contribution is 0.0995. The number of anilines is 1. The lowest BCUT2D eigenvalue weighted by atomic mass is 9.88. The Labute approximate surface area is 198 Å². The molecule has 33 heavy (non-hydrogen) atoms. The van der Waals surface area contributed by atoms with Gasteiger partial charge in [-0.15, -0.1) is 11.3 Å². The van der Waals surface area contributed by atoms with Crippen molar-refractivity contribution in [2.24, 2.45) is 0 Å². The molecule has 0 spiro atoms. The van der Waals surface area contributed by atoms with Gasteiger partial charge in [0.2, 0.25) is 0 Å². The maximum atomic E-state index is 15.2. The molecule has 0 radical (unpaired) electrons. The SMILES string of the molecule is CCN1CCN([C@@H](c2ccccc2F)c2c(NC(=O)c3ccco3)sc3c2CCCC3)CC1. The minimum atomic E-state index is -0.261. The summed E-state index contributed by atoms with van der Waals surface area (Å²) < 4.78 is 20.6. The van der Waals surface area contributed by atoms with E-state index in [4.69, 9.17) is 4.42 Å². The Balaban J connectivity index is 1.60. The number of benzene rings is 1. The summed E-state index contributed by atoms with van der Waals surface area (Å²) in [6, 6.07) is 10.3. The minimum absolute atomic E-state index is 0.195. The van der Waals surface area contributed by atoms with Crippen LogP contribution in [0.5, 0.6) is 0 Å². The van der Waals surface area contributed by atoms with Crippen molar-refractivity contribution in [3.8, 4) is 0 Å². The summed E-state index contributed by atoms with van der Waals surface area (Å²) in [6.45, 7) is 6.85. The van der Waals surface area contributed by atoms with E-state index >= 15 is 4.39 Å². The van der Waals surface area contributed by atoms with E-state index in [2.05, 4.69) is 22.0 Å². The van der Waals surface area contributed by atoms with Crippen molar-refractivity contribution >= 4 is 22.2 Å². The van der Waals surface area contributed by atoms with E-state index in [1.807, 2.05) is 12.1 Å². The highest BCUT2D eigenvalue weighted by atomic mass is 32.1. The Morgan fingerprint density at radius 3 is 2.64 bits per heavy atom. The molecule has 1 N–H and O–H groups in total. The molecule has 2 aromatic heterocycles. The zero-order chi connectivity index (χ0) is 22.8. The van der Waals surface area contributed by atoms with E-state index in [0.717, 1.165) is 69.0 Å². The van der Waals surface area contributed by atoms with Crippen LogP contribution < -0.4 is 5.32 Å². The van der Waals surface area contributed by atoms with E-state index in [0.29, 0.717) is 5.56 Å². The molecule has 0 unspecified atom stereocenters. The third-order valence-electron chi connectivity index (χ3n) is 6.88. The second-order valence-corrected chi connectivity index (χ2v) is 9.88. The molecule has 1 aliphatic carbocycles. The van der Waals surface area contributed by atoms with E-state index < -0.39 is 0 Å². The highest BCUT2D eigenvalue weighted by molar-refractivity contribution is 7.16. The van der Waals surface area contributed by atoms with Gasteiger partial charge in [-0.25, -0.2) is 4.39 Å². The number of nitrogens with one attached hydrogen (secondary N) is 1. The van der Waals surface area contributed by atoms with Crippen LogP contribution in [0.1, 0.15) is 57.9 Å². The van der Waals surface area contributed by atoms with Crippen molar-refractivity contribution in [3.05, 3.63) is 75.8 Å². The second-order valence-electron chi connectivity index (χ2n) is 8.78. The highest BCUT2D eigenvalue weighted by Crippen LogP contribution is 2.46. The molecule has 1 amide bonds. The predicted octanol–water partition coefficient (Wildman–Crippen LogP) is 5.34. The first-order chi connectivity index (χ1) is 16.2. The van der Waals surface area contributed by atoms with Crippen molar-refractivity contribution < 1.29 is 13.6 Å². The van der Waals surface area contributed by atoms with Gasteiger partial charge >= 0.3 is 0 Å². The standard InChI is InChI=1S/C26H30FN3O2S/c1-2-29-13-15-30(16-14-29)24(18-8-3-5-10-20(18)27)23-19-9-4-6-12-22(19)33-26(23)28-25(31)21-11-7-17-32-21/h3,5,7-8,10-11,17,24H,2,4,6,9,12-16H2,1H3,(H,28,31)/t24-/m0/s1. The molecular weight excluding hydrogens is 437 g/mol. The van der Waals surface area contributed by atoms with Crippen LogP contribution >= 0.6 is 11.3 Å². The molecule has 1 fully saturated rings. The van der Waals surface area contributed by atoms with Gasteiger partial charge in [-0.2, -0.15) is 0 Å². The number of thiophene rings is 1. The van der Waals surface area contributed by atoms with Crippen molar-refractivity contribution in [3.63, 3.8) is 0 Å². The van der Waals surface area contributed by atoms with Gasteiger partial charge in [-0.05, 0) is 56.0 Å². The monoisotopic (exact) mass is 467 g/mol. The summed E-state index contributed by atoms with van der Waals surface area (Å²) in [4.78, 5) is 19.1. The molecule has 1 atom stereocenters. The molecule has 0 saturated carbocycles. The number of fused-ring (bicyclic) bond motifs is 1. The summed E-state index contributed by atoms with van der Waals surface area (Å²) in [5.41, 5.74) is 3.05. The molecule has 7 heteroatoms. The Bertz CT molecular complexity index is 1100. The molecule has 5 rings (SSSR count). The number of amides is 1. The van der Waals surface area contributed by atoms with Gasteiger partial charge in [0, 0.05) is 42.2 Å². The smallest absolute Gasteiger partial charge is 0.291 e. The van der Waals surface area contributed by atoms with Crippen molar-refractivity contribution in [2.75, 3.05) is 38.0 Å².